The number of benzene rings is 3. The molecule has 3 rings (SSSR count). The highest BCUT2D eigenvalue weighted by Crippen LogP contribution is 2.35. The van der Waals surface area contributed by atoms with Crippen molar-refractivity contribution >= 4 is 12.0 Å². The molecule has 2 N–H and O–H groups in total. The Labute approximate surface area is 202 Å². The average molecular weight is 485 g/mol. The molecule has 3 aromatic carbocycles. The lowest BCUT2D eigenvalue weighted by Gasteiger charge is -2.24. The number of rotatable bonds is 8. The normalized spacial score (nSPS) is 11.2. The van der Waals surface area contributed by atoms with E-state index < -0.39 is 24.1 Å². The van der Waals surface area contributed by atoms with Crippen LogP contribution in [0.5, 0.6) is 0 Å². The van der Waals surface area contributed by atoms with Crippen molar-refractivity contribution in [1.29, 1.82) is 0 Å². The van der Waals surface area contributed by atoms with Crippen LogP contribution in [0.3, 0.4) is 0 Å². The van der Waals surface area contributed by atoms with Gasteiger partial charge < -0.3 is 15.3 Å². The molecule has 2 amide bonds. The molecular weight excluding hydrogens is 457 g/mol. The van der Waals surface area contributed by atoms with Crippen molar-refractivity contribution in [3.63, 3.8) is 0 Å². The predicted octanol–water partition coefficient (Wildman–Crippen LogP) is 6.04. The summed E-state index contributed by atoms with van der Waals surface area (Å²) < 4.78 is 40.7. The smallest absolute Gasteiger partial charge is 0.416 e. The topological polar surface area (TPSA) is 69.6 Å². The van der Waals surface area contributed by atoms with E-state index in [2.05, 4.69) is 5.32 Å². The zero-order chi connectivity index (χ0) is 25.6. The molecule has 184 valence electrons. The molecule has 0 aliphatic heterocycles. The minimum Gasteiger partial charge on any atom is -0.481 e. The highest BCUT2D eigenvalue weighted by Gasteiger charge is 2.31. The molecule has 0 unspecified atom stereocenters. The molecule has 0 atom stereocenters. The monoisotopic (exact) mass is 484 g/mol. The van der Waals surface area contributed by atoms with Gasteiger partial charge in [-0.1, -0.05) is 60.2 Å². The van der Waals surface area contributed by atoms with Crippen molar-refractivity contribution < 1.29 is 27.9 Å². The number of hydrogen-bond donors (Lipinski definition) is 2. The van der Waals surface area contributed by atoms with Crippen LogP contribution in [0.2, 0.25) is 0 Å². The van der Waals surface area contributed by atoms with Gasteiger partial charge in [0, 0.05) is 19.6 Å². The van der Waals surface area contributed by atoms with Gasteiger partial charge in [0.15, 0.2) is 0 Å². The van der Waals surface area contributed by atoms with Gasteiger partial charge in [0.1, 0.15) is 0 Å². The molecule has 0 aliphatic rings. The standard InChI is InChI=1S/C27H27F3N2O3/c1-3-32(26(35)31-16-19-7-5-4-6-8-19)17-22-11-18(2)9-10-24(22)21-12-20(14-25(33)34)13-23(15-21)27(28,29)30/h4-13,15H,3,14,16-17H2,1-2H3,(H,31,35)(H,33,34). The highest BCUT2D eigenvalue weighted by molar-refractivity contribution is 5.76. The molecule has 8 heteroatoms. The van der Waals surface area contributed by atoms with Gasteiger partial charge in [-0.25, -0.2) is 4.79 Å². The summed E-state index contributed by atoms with van der Waals surface area (Å²) in [6.45, 7) is 4.61. The lowest BCUT2D eigenvalue weighted by Crippen LogP contribution is -2.39. The predicted molar refractivity (Wildman–Crippen MR) is 128 cm³/mol. The van der Waals surface area contributed by atoms with Gasteiger partial charge in [-0.05, 0) is 53.8 Å². The maximum atomic E-state index is 13.6. The highest BCUT2D eigenvalue weighted by atomic mass is 19.4. The first kappa shape index (κ1) is 25.8. The summed E-state index contributed by atoms with van der Waals surface area (Å²) in [4.78, 5) is 25.6. The van der Waals surface area contributed by atoms with E-state index in [1.807, 2.05) is 50.2 Å². The van der Waals surface area contributed by atoms with Crippen LogP contribution in [0.4, 0.5) is 18.0 Å². The number of amides is 2. The number of hydrogen-bond acceptors (Lipinski definition) is 2. The van der Waals surface area contributed by atoms with Crippen molar-refractivity contribution in [3.8, 4) is 11.1 Å². The fourth-order valence-electron chi connectivity index (χ4n) is 3.84. The number of aliphatic carboxylic acids is 1. The second-order valence-electron chi connectivity index (χ2n) is 8.31. The van der Waals surface area contributed by atoms with Crippen molar-refractivity contribution in [3.05, 3.63) is 94.5 Å². The first-order valence-electron chi connectivity index (χ1n) is 11.2. The first-order valence-corrected chi connectivity index (χ1v) is 11.2. The van der Waals surface area contributed by atoms with E-state index >= 15 is 0 Å². The van der Waals surface area contributed by atoms with Crippen LogP contribution in [0.25, 0.3) is 11.1 Å². The quantitative estimate of drug-likeness (QED) is 0.410. The SMILES string of the molecule is CCN(Cc1cc(C)ccc1-c1cc(CC(=O)O)cc(C(F)(F)F)c1)C(=O)NCc1ccccc1. The van der Waals surface area contributed by atoms with Crippen LogP contribution >= 0.6 is 0 Å². The fraction of sp³-hybridized carbons (Fsp3) is 0.259. The first-order chi connectivity index (χ1) is 16.6. The molecule has 0 heterocycles. The van der Waals surface area contributed by atoms with Gasteiger partial charge in [-0.15, -0.1) is 0 Å². The Balaban J connectivity index is 1.93. The number of nitrogens with zero attached hydrogens (tertiary/aromatic N) is 1. The minimum absolute atomic E-state index is 0.0572. The molecule has 0 radical (unpaired) electrons. The average Bonchev–Trinajstić information content (AvgIpc) is 2.80. The summed E-state index contributed by atoms with van der Waals surface area (Å²) >= 11 is 0. The van der Waals surface area contributed by atoms with Gasteiger partial charge >= 0.3 is 18.2 Å². The number of aryl methyl sites for hydroxylation is 1. The summed E-state index contributed by atoms with van der Waals surface area (Å²) in [5.74, 6) is -1.22. The van der Waals surface area contributed by atoms with Gasteiger partial charge in [0.25, 0.3) is 0 Å². The Morgan fingerprint density at radius 2 is 1.69 bits per heavy atom. The maximum absolute atomic E-state index is 13.6. The number of nitrogens with one attached hydrogen (secondary N) is 1. The van der Waals surface area contributed by atoms with Crippen LogP contribution in [0.1, 0.15) is 34.7 Å². The summed E-state index contributed by atoms with van der Waals surface area (Å²) in [7, 11) is 0. The third-order valence-electron chi connectivity index (χ3n) is 5.56. The van der Waals surface area contributed by atoms with Crippen molar-refractivity contribution in [2.24, 2.45) is 0 Å². The third-order valence-corrected chi connectivity index (χ3v) is 5.56. The maximum Gasteiger partial charge on any atom is 0.416 e. The molecule has 0 saturated heterocycles. The Morgan fingerprint density at radius 1 is 0.971 bits per heavy atom. The number of halogens is 3. The number of carbonyl (C=O) groups is 2. The molecule has 5 nitrogen and oxygen atoms in total. The lowest BCUT2D eigenvalue weighted by molar-refractivity contribution is -0.138. The number of alkyl halides is 3. The Kier molecular flexibility index (Phi) is 8.17. The van der Waals surface area contributed by atoms with E-state index in [4.69, 9.17) is 5.11 Å². The second kappa shape index (κ2) is 11.1. The summed E-state index contributed by atoms with van der Waals surface area (Å²) in [5, 5.41) is 12.0. The van der Waals surface area contributed by atoms with Gasteiger partial charge in [-0.2, -0.15) is 13.2 Å². The molecule has 35 heavy (non-hydrogen) atoms. The Bertz CT molecular complexity index is 1190. The summed E-state index contributed by atoms with van der Waals surface area (Å²) in [6.07, 6.45) is -5.15. The Hall–Kier alpha value is -3.81. The molecular formula is C27H27F3N2O3. The number of urea groups is 1. The van der Waals surface area contributed by atoms with E-state index in [9.17, 15) is 22.8 Å². The molecule has 0 spiro atoms. The zero-order valence-corrected chi connectivity index (χ0v) is 19.5. The molecule has 0 bridgehead atoms. The van der Waals surface area contributed by atoms with E-state index in [1.165, 1.54) is 6.07 Å². The zero-order valence-electron chi connectivity index (χ0n) is 19.5. The largest absolute Gasteiger partial charge is 0.481 e. The van der Waals surface area contributed by atoms with Gasteiger partial charge in [-0.3, -0.25) is 4.79 Å². The summed E-state index contributed by atoms with van der Waals surface area (Å²) in [5.41, 5.74) is 2.43. The van der Waals surface area contributed by atoms with Gasteiger partial charge in [0.05, 0.1) is 12.0 Å². The molecule has 0 aliphatic carbocycles. The van der Waals surface area contributed by atoms with Crippen molar-refractivity contribution in [2.75, 3.05) is 6.54 Å². The van der Waals surface area contributed by atoms with Gasteiger partial charge in [0.2, 0.25) is 0 Å². The number of carbonyl (C=O) groups excluding carboxylic acids is 1. The van der Waals surface area contributed by atoms with Crippen LogP contribution in [0, 0.1) is 6.92 Å². The van der Waals surface area contributed by atoms with Crippen molar-refractivity contribution in [1.82, 2.24) is 10.2 Å². The molecule has 3 aromatic rings. The third kappa shape index (κ3) is 7.09. The van der Waals surface area contributed by atoms with Crippen LogP contribution in [0.15, 0.2) is 66.7 Å². The second-order valence-corrected chi connectivity index (χ2v) is 8.31. The summed E-state index contributed by atoms with van der Waals surface area (Å²) in [6, 6.07) is 17.8. The van der Waals surface area contributed by atoms with Crippen LogP contribution < -0.4 is 5.32 Å². The Morgan fingerprint density at radius 3 is 2.31 bits per heavy atom. The van der Waals surface area contributed by atoms with Crippen LogP contribution in [-0.4, -0.2) is 28.6 Å². The van der Waals surface area contributed by atoms with E-state index in [0.29, 0.717) is 24.2 Å². The van der Waals surface area contributed by atoms with Crippen molar-refractivity contribution in [2.45, 2.75) is 39.5 Å². The van der Waals surface area contributed by atoms with E-state index in [-0.39, 0.29) is 23.7 Å². The molecule has 0 saturated carbocycles. The minimum atomic E-state index is -4.62. The molecule has 0 fully saturated rings. The van der Waals surface area contributed by atoms with E-state index in [1.54, 1.807) is 17.0 Å². The molecule has 0 aromatic heterocycles. The fourth-order valence-corrected chi connectivity index (χ4v) is 3.84. The number of carboxylic acids is 1. The number of carboxylic acid groups (broad SMARTS) is 1. The lowest BCUT2D eigenvalue weighted by atomic mass is 9.93. The van der Waals surface area contributed by atoms with Crippen LogP contribution in [-0.2, 0) is 30.5 Å². The van der Waals surface area contributed by atoms with E-state index in [0.717, 1.165) is 23.3 Å².